The number of ether oxygens (including phenoxy) is 1. The molecule has 1 fully saturated rings. The average molecular weight is 527 g/mol. The molecule has 0 spiro atoms. The zero-order chi connectivity index (χ0) is 15.6. The molecule has 2 amide bonds. The van der Waals surface area contributed by atoms with E-state index in [1.807, 2.05) is 12.1 Å². The van der Waals surface area contributed by atoms with E-state index in [-0.39, 0.29) is 17.7 Å². The van der Waals surface area contributed by atoms with Crippen molar-refractivity contribution in [1.82, 2.24) is 4.90 Å². The van der Waals surface area contributed by atoms with E-state index in [9.17, 15) is 9.59 Å². The van der Waals surface area contributed by atoms with E-state index in [4.69, 9.17) is 4.74 Å². The van der Waals surface area contributed by atoms with Crippen LogP contribution in [-0.4, -0.2) is 29.7 Å². The van der Waals surface area contributed by atoms with Gasteiger partial charge in [0.15, 0.2) is 0 Å². The predicted molar refractivity (Wildman–Crippen MR) is 101 cm³/mol. The van der Waals surface area contributed by atoms with E-state index in [2.05, 4.69) is 51.8 Å². The number of amides is 2. The number of methoxy groups -OCH3 is 1. The van der Waals surface area contributed by atoms with Crippen LogP contribution in [0.4, 0.5) is 4.79 Å². The fourth-order valence-electron chi connectivity index (χ4n) is 1.80. The number of benzene rings is 1. The van der Waals surface area contributed by atoms with Gasteiger partial charge in [-0.25, -0.2) is 0 Å². The van der Waals surface area contributed by atoms with Gasteiger partial charge in [0.1, 0.15) is 5.75 Å². The first kappa shape index (κ1) is 16.8. The number of carbonyl (C=O) groups is 2. The summed E-state index contributed by atoms with van der Waals surface area (Å²) in [7, 11) is 1.62. The Kier molecular flexibility index (Phi) is 5.72. The SMILES string of the molecule is C=CCN1C(=O)S/C(=C/c2cc(I)c(OC)c(I)c2)C1=O. The van der Waals surface area contributed by atoms with Gasteiger partial charge in [-0.15, -0.1) is 6.58 Å². The Balaban J connectivity index is 2.35. The maximum absolute atomic E-state index is 12.1. The van der Waals surface area contributed by atoms with Crippen LogP contribution in [0.3, 0.4) is 0 Å². The molecule has 0 bridgehead atoms. The van der Waals surface area contributed by atoms with Crippen LogP contribution in [0.25, 0.3) is 6.08 Å². The van der Waals surface area contributed by atoms with E-state index in [1.54, 1.807) is 19.3 Å². The fourth-order valence-corrected chi connectivity index (χ4v) is 4.90. The molecule has 21 heavy (non-hydrogen) atoms. The van der Waals surface area contributed by atoms with E-state index >= 15 is 0 Å². The van der Waals surface area contributed by atoms with Gasteiger partial charge in [-0.2, -0.15) is 0 Å². The second kappa shape index (κ2) is 7.14. The molecule has 1 saturated heterocycles. The zero-order valence-electron chi connectivity index (χ0n) is 11.1. The molecular formula is C14H11I2NO3S. The summed E-state index contributed by atoms with van der Waals surface area (Å²) in [6.07, 6.45) is 3.27. The number of rotatable bonds is 4. The Labute approximate surface area is 154 Å². The Bertz CT molecular complexity index is 635. The number of thioether (sulfide) groups is 1. The largest absolute Gasteiger partial charge is 0.495 e. The van der Waals surface area contributed by atoms with Crippen molar-refractivity contribution in [2.45, 2.75) is 0 Å². The van der Waals surface area contributed by atoms with E-state index in [0.29, 0.717) is 4.91 Å². The first-order chi connectivity index (χ1) is 9.97. The Morgan fingerprint density at radius 2 is 1.95 bits per heavy atom. The standard InChI is InChI=1S/C14H11I2NO3S/c1-3-4-17-13(18)11(21-14(17)19)7-8-5-9(15)12(20-2)10(16)6-8/h3,5-7H,1,4H2,2H3/b11-7+. The molecule has 7 heteroatoms. The third kappa shape index (κ3) is 3.62. The van der Waals surface area contributed by atoms with Gasteiger partial charge in [0.2, 0.25) is 0 Å². The van der Waals surface area contributed by atoms with Gasteiger partial charge in [-0.05, 0) is 80.7 Å². The highest BCUT2D eigenvalue weighted by molar-refractivity contribution is 14.1. The molecule has 1 aliphatic rings. The maximum Gasteiger partial charge on any atom is 0.293 e. The van der Waals surface area contributed by atoms with Crippen LogP contribution < -0.4 is 4.74 Å². The van der Waals surface area contributed by atoms with Gasteiger partial charge in [0.05, 0.1) is 19.2 Å². The lowest BCUT2D eigenvalue weighted by molar-refractivity contribution is -0.122. The number of hydrogen-bond donors (Lipinski definition) is 0. The summed E-state index contributed by atoms with van der Waals surface area (Å²) < 4.78 is 7.22. The van der Waals surface area contributed by atoms with Gasteiger partial charge in [-0.3, -0.25) is 14.5 Å². The molecule has 1 aromatic carbocycles. The highest BCUT2D eigenvalue weighted by Crippen LogP contribution is 2.34. The summed E-state index contributed by atoms with van der Waals surface area (Å²) >= 11 is 5.32. The average Bonchev–Trinajstić information content (AvgIpc) is 2.66. The summed E-state index contributed by atoms with van der Waals surface area (Å²) in [4.78, 5) is 25.5. The van der Waals surface area contributed by atoms with E-state index in [1.165, 1.54) is 4.90 Å². The smallest absolute Gasteiger partial charge is 0.293 e. The first-order valence-electron chi connectivity index (χ1n) is 5.87. The van der Waals surface area contributed by atoms with Crippen molar-refractivity contribution >= 4 is 74.2 Å². The molecule has 1 aliphatic heterocycles. The molecule has 110 valence electrons. The molecule has 0 atom stereocenters. The quantitative estimate of drug-likeness (QED) is 0.336. The van der Waals surface area contributed by atoms with Crippen molar-refractivity contribution in [2.75, 3.05) is 13.7 Å². The van der Waals surface area contributed by atoms with Crippen LogP contribution in [0, 0.1) is 7.14 Å². The molecule has 0 unspecified atom stereocenters. The first-order valence-corrected chi connectivity index (χ1v) is 8.84. The van der Waals surface area contributed by atoms with Crippen molar-refractivity contribution < 1.29 is 14.3 Å². The Hall–Kier alpha value is -0.550. The van der Waals surface area contributed by atoms with Crippen molar-refractivity contribution in [3.05, 3.63) is 42.4 Å². The molecule has 1 heterocycles. The zero-order valence-corrected chi connectivity index (χ0v) is 16.2. The summed E-state index contributed by atoms with van der Waals surface area (Å²) in [5.74, 6) is 0.541. The minimum Gasteiger partial charge on any atom is -0.495 e. The summed E-state index contributed by atoms with van der Waals surface area (Å²) in [6, 6.07) is 3.84. The molecule has 0 radical (unpaired) electrons. The van der Waals surface area contributed by atoms with E-state index in [0.717, 1.165) is 30.2 Å². The summed E-state index contributed by atoms with van der Waals surface area (Å²) in [6.45, 7) is 3.79. The molecule has 0 saturated carbocycles. The molecule has 0 aromatic heterocycles. The van der Waals surface area contributed by atoms with Crippen LogP contribution in [0.1, 0.15) is 5.56 Å². The molecular weight excluding hydrogens is 516 g/mol. The minimum absolute atomic E-state index is 0.236. The number of carbonyl (C=O) groups excluding carboxylic acids is 2. The van der Waals surface area contributed by atoms with Crippen molar-refractivity contribution in [1.29, 1.82) is 0 Å². The monoisotopic (exact) mass is 527 g/mol. The number of hydrogen-bond acceptors (Lipinski definition) is 4. The predicted octanol–water partition coefficient (Wildman–Crippen LogP) is 4.13. The summed E-state index contributed by atoms with van der Waals surface area (Å²) in [5, 5.41) is -0.260. The highest BCUT2D eigenvalue weighted by atomic mass is 127. The lowest BCUT2D eigenvalue weighted by Gasteiger charge is -2.08. The van der Waals surface area contributed by atoms with Crippen LogP contribution in [0.2, 0.25) is 0 Å². The van der Waals surface area contributed by atoms with E-state index < -0.39 is 0 Å². The molecule has 0 N–H and O–H groups in total. The second-order valence-electron chi connectivity index (χ2n) is 4.10. The third-order valence-electron chi connectivity index (χ3n) is 2.71. The molecule has 2 rings (SSSR count). The van der Waals surface area contributed by atoms with Gasteiger partial charge < -0.3 is 4.74 Å². The Morgan fingerprint density at radius 1 is 1.33 bits per heavy atom. The van der Waals surface area contributed by atoms with Gasteiger partial charge in [-0.1, -0.05) is 6.08 Å². The number of nitrogens with zero attached hydrogens (tertiary/aromatic N) is 1. The van der Waals surface area contributed by atoms with Gasteiger partial charge in [0.25, 0.3) is 11.1 Å². The van der Waals surface area contributed by atoms with Crippen LogP contribution in [0.5, 0.6) is 5.75 Å². The minimum atomic E-state index is -0.272. The third-order valence-corrected chi connectivity index (χ3v) is 5.22. The molecule has 1 aromatic rings. The normalized spacial score (nSPS) is 16.7. The second-order valence-corrected chi connectivity index (χ2v) is 7.42. The molecule has 0 aliphatic carbocycles. The van der Waals surface area contributed by atoms with Crippen LogP contribution in [0.15, 0.2) is 29.7 Å². The number of imide groups is 1. The topological polar surface area (TPSA) is 46.6 Å². The van der Waals surface area contributed by atoms with Crippen molar-refractivity contribution in [2.24, 2.45) is 0 Å². The van der Waals surface area contributed by atoms with Crippen LogP contribution >= 0.6 is 56.9 Å². The fraction of sp³-hybridized carbons (Fsp3) is 0.143. The van der Waals surface area contributed by atoms with Gasteiger partial charge in [0, 0.05) is 6.54 Å². The highest BCUT2D eigenvalue weighted by Gasteiger charge is 2.34. The lowest BCUT2D eigenvalue weighted by Crippen LogP contribution is -2.27. The van der Waals surface area contributed by atoms with Crippen molar-refractivity contribution in [3.63, 3.8) is 0 Å². The molecule has 4 nitrogen and oxygen atoms in total. The summed E-state index contributed by atoms with van der Waals surface area (Å²) in [5.41, 5.74) is 0.869. The maximum atomic E-state index is 12.1. The Morgan fingerprint density at radius 3 is 2.48 bits per heavy atom. The lowest BCUT2D eigenvalue weighted by atomic mass is 10.2. The van der Waals surface area contributed by atoms with Crippen LogP contribution in [-0.2, 0) is 4.79 Å². The van der Waals surface area contributed by atoms with Gasteiger partial charge >= 0.3 is 0 Å². The number of halogens is 2. The van der Waals surface area contributed by atoms with Crippen molar-refractivity contribution in [3.8, 4) is 5.75 Å².